The molecule has 1 fully saturated rings. The summed E-state index contributed by atoms with van der Waals surface area (Å²) in [6.45, 7) is 0. The maximum atomic E-state index is 10.7. The van der Waals surface area contributed by atoms with Crippen LogP contribution in [0.5, 0.6) is 0 Å². The van der Waals surface area contributed by atoms with Crippen LogP contribution in [0.25, 0.3) is 0 Å². The fraction of sp³-hybridized carbons (Fsp3) is 0.286. The fourth-order valence-electron chi connectivity index (χ4n) is 2.27. The van der Waals surface area contributed by atoms with Crippen molar-refractivity contribution in [2.24, 2.45) is 0 Å². The van der Waals surface area contributed by atoms with Crippen molar-refractivity contribution in [2.75, 3.05) is 0 Å². The van der Waals surface area contributed by atoms with E-state index in [0.29, 0.717) is 5.69 Å². The maximum absolute atomic E-state index is 10.7. The average Bonchev–Trinajstić information content (AvgIpc) is 3.05. The second-order valence-corrected chi connectivity index (χ2v) is 5.52. The number of thiazole rings is 1. The summed E-state index contributed by atoms with van der Waals surface area (Å²) in [4.78, 5) is 15.2. The van der Waals surface area contributed by atoms with Crippen LogP contribution >= 0.6 is 11.3 Å². The van der Waals surface area contributed by atoms with Crippen molar-refractivity contribution in [3.63, 3.8) is 0 Å². The number of aromatic nitrogens is 1. The van der Waals surface area contributed by atoms with Crippen LogP contribution in [0.1, 0.15) is 29.1 Å². The largest absolute Gasteiger partial charge is 0.481 e. The van der Waals surface area contributed by atoms with Gasteiger partial charge in [0, 0.05) is 10.8 Å². The van der Waals surface area contributed by atoms with Crippen LogP contribution in [0.2, 0.25) is 0 Å². The first kappa shape index (κ1) is 11.4. The zero-order chi connectivity index (χ0) is 12.6. The number of carbonyl (C=O) groups is 1. The minimum Gasteiger partial charge on any atom is -0.481 e. The number of carboxylic acid groups (broad SMARTS) is 1. The van der Waals surface area contributed by atoms with E-state index in [2.05, 4.69) is 17.1 Å². The average molecular weight is 259 g/mol. The van der Waals surface area contributed by atoms with Crippen LogP contribution in [0.15, 0.2) is 35.7 Å². The smallest absolute Gasteiger partial charge is 0.309 e. The van der Waals surface area contributed by atoms with Gasteiger partial charge in [-0.25, -0.2) is 4.98 Å². The minimum absolute atomic E-state index is 0.0152. The summed E-state index contributed by atoms with van der Waals surface area (Å²) in [5, 5.41) is 11.7. The van der Waals surface area contributed by atoms with Gasteiger partial charge in [0.05, 0.1) is 12.1 Å². The number of rotatable bonds is 4. The van der Waals surface area contributed by atoms with Crippen molar-refractivity contribution >= 4 is 17.3 Å². The number of aliphatic carboxylic acids is 1. The molecule has 1 aliphatic rings. The Balaban J connectivity index is 1.91. The van der Waals surface area contributed by atoms with Gasteiger partial charge in [0.15, 0.2) is 0 Å². The van der Waals surface area contributed by atoms with Crippen LogP contribution in [-0.4, -0.2) is 16.1 Å². The van der Waals surface area contributed by atoms with Crippen LogP contribution in [-0.2, 0) is 16.6 Å². The van der Waals surface area contributed by atoms with Crippen LogP contribution in [0.4, 0.5) is 0 Å². The minimum atomic E-state index is -0.823. The SMILES string of the molecule is O=C(O)Cc1csc(C2(c3ccccc3)CC2)n1. The van der Waals surface area contributed by atoms with Crippen LogP contribution < -0.4 is 0 Å². The molecule has 1 saturated carbocycles. The third-order valence-electron chi connectivity index (χ3n) is 3.37. The molecule has 0 aliphatic heterocycles. The lowest BCUT2D eigenvalue weighted by molar-refractivity contribution is -0.136. The van der Waals surface area contributed by atoms with Crippen molar-refractivity contribution < 1.29 is 9.90 Å². The number of nitrogens with zero attached hydrogens (tertiary/aromatic N) is 1. The standard InChI is InChI=1S/C14H13NO2S/c16-12(17)8-11-9-18-13(15-11)14(6-7-14)10-4-2-1-3-5-10/h1-5,9H,6-8H2,(H,16,17). The van der Waals surface area contributed by atoms with Crippen molar-refractivity contribution in [3.05, 3.63) is 52.0 Å². The molecule has 0 unspecified atom stereocenters. The lowest BCUT2D eigenvalue weighted by Gasteiger charge is -2.11. The molecule has 0 saturated heterocycles. The molecule has 1 aromatic heterocycles. The molecule has 0 atom stereocenters. The van der Waals surface area contributed by atoms with Crippen molar-refractivity contribution in [2.45, 2.75) is 24.7 Å². The fourth-order valence-corrected chi connectivity index (χ4v) is 3.37. The maximum Gasteiger partial charge on any atom is 0.309 e. The lowest BCUT2D eigenvalue weighted by atomic mass is 9.97. The highest BCUT2D eigenvalue weighted by Crippen LogP contribution is 2.54. The molecule has 0 spiro atoms. The quantitative estimate of drug-likeness (QED) is 0.918. The molecule has 0 amide bonds. The second kappa shape index (κ2) is 4.21. The third-order valence-corrected chi connectivity index (χ3v) is 4.47. The van der Waals surface area contributed by atoms with E-state index in [9.17, 15) is 4.79 Å². The number of hydrogen-bond acceptors (Lipinski definition) is 3. The van der Waals surface area contributed by atoms with Crippen molar-refractivity contribution in [1.29, 1.82) is 0 Å². The molecule has 3 rings (SSSR count). The van der Waals surface area contributed by atoms with Crippen molar-refractivity contribution in [1.82, 2.24) is 4.98 Å². The summed E-state index contributed by atoms with van der Waals surface area (Å²) in [5.41, 5.74) is 2.02. The van der Waals surface area contributed by atoms with E-state index in [4.69, 9.17) is 5.11 Å². The summed E-state index contributed by atoms with van der Waals surface area (Å²) in [6, 6.07) is 10.4. The first-order chi connectivity index (χ1) is 8.71. The normalized spacial score (nSPS) is 16.4. The van der Waals surface area contributed by atoms with Crippen LogP contribution in [0.3, 0.4) is 0 Å². The summed E-state index contributed by atoms with van der Waals surface area (Å²) in [6.07, 6.45) is 2.23. The second-order valence-electron chi connectivity index (χ2n) is 4.66. The molecule has 0 radical (unpaired) electrons. The highest BCUT2D eigenvalue weighted by molar-refractivity contribution is 7.09. The Kier molecular flexibility index (Phi) is 2.67. The molecule has 1 N–H and O–H groups in total. The van der Waals surface area contributed by atoms with E-state index in [1.165, 1.54) is 5.56 Å². The van der Waals surface area contributed by atoms with Gasteiger partial charge in [-0.1, -0.05) is 30.3 Å². The first-order valence-corrected chi connectivity index (χ1v) is 6.81. The summed E-state index contributed by atoms with van der Waals surface area (Å²) >= 11 is 1.58. The molecule has 18 heavy (non-hydrogen) atoms. The van der Waals surface area contributed by atoms with E-state index >= 15 is 0 Å². The van der Waals surface area contributed by atoms with Crippen LogP contribution in [0, 0.1) is 0 Å². The molecule has 3 nitrogen and oxygen atoms in total. The molecule has 0 bridgehead atoms. The Bertz CT molecular complexity index is 572. The Hall–Kier alpha value is -1.68. The predicted octanol–water partition coefficient (Wildman–Crippen LogP) is 2.85. The molecule has 92 valence electrons. The lowest BCUT2D eigenvalue weighted by Crippen LogP contribution is -2.08. The van der Waals surface area contributed by atoms with Gasteiger partial charge in [0.1, 0.15) is 5.01 Å². The van der Waals surface area contributed by atoms with E-state index < -0.39 is 5.97 Å². The van der Waals surface area contributed by atoms with Gasteiger partial charge < -0.3 is 5.11 Å². The Labute approximate surface area is 109 Å². The van der Waals surface area contributed by atoms with Gasteiger partial charge >= 0.3 is 5.97 Å². The highest BCUT2D eigenvalue weighted by atomic mass is 32.1. The van der Waals surface area contributed by atoms with Gasteiger partial charge in [-0.05, 0) is 18.4 Å². The Morgan fingerprint density at radius 1 is 1.33 bits per heavy atom. The number of carboxylic acids is 1. The van der Waals surface area contributed by atoms with Gasteiger partial charge in [-0.3, -0.25) is 4.79 Å². The zero-order valence-corrected chi connectivity index (χ0v) is 10.6. The summed E-state index contributed by atoms with van der Waals surface area (Å²) in [7, 11) is 0. The monoisotopic (exact) mass is 259 g/mol. The molecular weight excluding hydrogens is 246 g/mol. The van der Waals surface area contributed by atoms with Gasteiger partial charge in [0.2, 0.25) is 0 Å². The van der Waals surface area contributed by atoms with Gasteiger partial charge in [0.25, 0.3) is 0 Å². The zero-order valence-electron chi connectivity index (χ0n) is 9.80. The summed E-state index contributed by atoms with van der Waals surface area (Å²) in [5.74, 6) is -0.823. The summed E-state index contributed by atoms with van der Waals surface area (Å²) < 4.78 is 0. The molecule has 1 aliphatic carbocycles. The molecule has 1 aromatic carbocycles. The van der Waals surface area contributed by atoms with Gasteiger partial charge in [-0.2, -0.15) is 0 Å². The topological polar surface area (TPSA) is 50.2 Å². The Morgan fingerprint density at radius 2 is 2.06 bits per heavy atom. The van der Waals surface area contributed by atoms with Crippen molar-refractivity contribution in [3.8, 4) is 0 Å². The van der Waals surface area contributed by atoms with E-state index in [-0.39, 0.29) is 11.8 Å². The molecule has 2 aromatic rings. The molecular formula is C14H13NO2S. The van der Waals surface area contributed by atoms with E-state index in [1.807, 2.05) is 23.6 Å². The predicted molar refractivity (Wildman–Crippen MR) is 69.9 cm³/mol. The number of benzene rings is 1. The molecule has 4 heteroatoms. The third kappa shape index (κ3) is 1.93. The van der Waals surface area contributed by atoms with Gasteiger partial charge in [-0.15, -0.1) is 11.3 Å². The Morgan fingerprint density at radius 3 is 2.67 bits per heavy atom. The van der Waals surface area contributed by atoms with E-state index in [0.717, 1.165) is 17.8 Å². The number of hydrogen-bond donors (Lipinski definition) is 1. The highest BCUT2D eigenvalue weighted by Gasteiger charge is 2.48. The molecule has 1 heterocycles. The van der Waals surface area contributed by atoms with E-state index in [1.54, 1.807) is 11.3 Å². The first-order valence-electron chi connectivity index (χ1n) is 5.93.